The Morgan fingerprint density at radius 1 is 1.24 bits per heavy atom. The fourth-order valence-corrected chi connectivity index (χ4v) is 5.14. The van der Waals surface area contributed by atoms with Crippen LogP contribution in [-0.4, -0.2) is 24.0 Å². The largest absolute Gasteiger partial charge is 0.356 e. The van der Waals surface area contributed by atoms with Gasteiger partial charge in [-0.2, -0.15) is 0 Å². The van der Waals surface area contributed by atoms with Crippen LogP contribution in [0.5, 0.6) is 0 Å². The molecule has 1 fully saturated rings. The van der Waals surface area contributed by atoms with E-state index < -0.39 is 5.82 Å². The van der Waals surface area contributed by atoms with E-state index >= 15 is 0 Å². The van der Waals surface area contributed by atoms with Gasteiger partial charge in [0.1, 0.15) is 11.6 Å². The Hall–Kier alpha value is -2.43. The number of unbranched alkanes of at least 4 members (excludes halogenated alkanes) is 1. The van der Waals surface area contributed by atoms with E-state index in [4.69, 9.17) is 4.98 Å². The molecule has 3 rings (SSSR count). The summed E-state index contributed by atoms with van der Waals surface area (Å²) in [5.41, 5.74) is 2.53. The average Bonchev–Trinajstić information content (AvgIpc) is 3.29. The summed E-state index contributed by atoms with van der Waals surface area (Å²) in [5.74, 6) is 2.55. The monoisotopic (exact) mass is 453 g/mol. The van der Waals surface area contributed by atoms with Gasteiger partial charge in [0.2, 0.25) is 0 Å². The van der Waals surface area contributed by atoms with Gasteiger partial charge in [0, 0.05) is 18.7 Å². The summed E-state index contributed by atoms with van der Waals surface area (Å²) in [5, 5.41) is 2.90. The van der Waals surface area contributed by atoms with Crippen molar-refractivity contribution >= 4 is 17.4 Å². The number of rotatable bonds is 10. The van der Waals surface area contributed by atoms with Crippen LogP contribution in [-0.2, 0) is 0 Å². The lowest BCUT2D eigenvalue weighted by Gasteiger charge is -2.26. The first-order valence-corrected chi connectivity index (χ1v) is 12.6. The Morgan fingerprint density at radius 2 is 2.03 bits per heavy atom. The third kappa shape index (κ3) is 6.55. The molecule has 1 aromatic heterocycles. The Balaban J connectivity index is 1.63. The van der Waals surface area contributed by atoms with E-state index in [1.807, 2.05) is 19.1 Å². The maximum atomic E-state index is 13.6. The number of benzene rings is 1. The lowest BCUT2D eigenvalue weighted by molar-refractivity contribution is 0.102. The van der Waals surface area contributed by atoms with Crippen molar-refractivity contribution in [2.45, 2.75) is 73.1 Å². The number of aromatic nitrogens is 1. The zero-order valence-electron chi connectivity index (χ0n) is 21.0. The molecule has 33 heavy (non-hydrogen) atoms. The minimum absolute atomic E-state index is 0.311. The molecule has 1 amide bonds. The van der Waals surface area contributed by atoms with E-state index in [1.165, 1.54) is 50.7 Å². The third-order valence-corrected chi connectivity index (χ3v) is 7.26. The number of amides is 1. The molecule has 180 valence electrons. The molecule has 0 aliphatic carbocycles. The zero-order chi connectivity index (χ0) is 24.0. The van der Waals surface area contributed by atoms with Gasteiger partial charge in [-0.3, -0.25) is 4.79 Å². The highest BCUT2D eigenvalue weighted by molar-refractivity contribution is 6.05. The van der Waals surface area contributed by atoms with Crippen LogP contribution < -0.4 is 10.2 Å². The van der Waals surface area contributed by atoms with Gasteiger partial charge in [0.15, 0.2) is 0 Å². The molecule has 3 atom stereocenters. The molecule has 4 nitrogen and oxygen atoms in total. The average molecular weight is 454 g/mol. The summed E-state index contributed by atoms with van der Waals surface area (Å²) in [6.07, 6.45) is 7.74. The minimum atomic E-state index is -0.412. The van der Waals surface area contributed by atoms with Crippen LogP contribution in [0.25, 0.3) is 0 Å². The van der Waals surface area contributed by atoms with E-state index in [9.17, 15) is 9.18 Å². The van der Waals surface area contributed by atoms with Gasteiger partial charge < -0.3 is 10.2 Å². The number of aryl methyl sites for hydroxylation is 2. The van der Waals surface area contributed by atoms with E-state index in [2.05, 4.69) is 31.0 Å². The fraction of sp³-hybridized carbons (Fsp3) is 0.571. The van der Waals surface area contributed by atoms with Crippen molar-refractivity contribution in [3.8, 4) is 0 Å². The fourth-order valence-electron chi connectivity index (χ4n) is 5.14. The molecule has 5 heteroatoms. The van der Waals surface area contributed by atoms with Crippen LogP contribution in [0.2, 0.25) is 0 Å². The number of pyridine rings is 1. The predicted octanol–water partition coefficient (Wildman–Crippen LogP) is 7.16. The zero-order valence-corrected chi connectivity index (χ0v) is 21.0. The van der Waals surface area contributed by atoms with Crippen LogP contribution >= 0.6 is 0 Å². The second kappa shape index (κ2) is 11.6. The smallest absolute Gasteiger partial charge is 0.256 e. The summed E-state index contributed by atoms with van der Waals surface area (Å²) in [6, 6.07) is 8.18. The standard InChI is InChI=1S/C28H40FN3O/c1-6-8-9-19(3)16-22(7-2)23-14-15-32(18-23)27-13-12-26(21(5)30-27)31-28(33)25-17-24(29)11-10-20(25)4/h10-13,17,19,22-23H,6-9,14-16,18H2,1-5H3,(H,31,33). The van der Waals surface area contributed by atoms with Gasteiger partial charge in [-0.05, 0) is 74.3 Å². The van der Waals surface area contributed by atoms with E-state index in [0.717, 1.165) is 47.9 Å². The number of hydrogen-bond donors (Lipinski definition) is 1. The SMILES string of the molecule is CCCCC(C)CC(CC)C1CCN(c2ccc(NC(=O)c3cc(F)ccc3C)c(C)n2)C1. The molecule has 0 radical (unpaired) electrons. The molecule has 1 aromatic carbocycles. The number of hydrogen-bond acceptors (Lipinski definition) is 3. The molecule has 2 aromatic rings. The number of nitrogens with one attached hydrogen (secondary N) is 1. The first-order valence-electron chi connectivity index (χ1n) is 12.6. The molecule has 0 saturated carbocycles. The number of carbonyl (C=O) groups is 1. The van der Waals surface area contributed by atoms with Crippen LogP contribution in [0, 0.1) is 37.4 Å². The topological polar surface area (TPSA) is 45.2 Å². The third-order valence-electron chi connectivity index (χ3n) is 7.26. The summed E-state index contributed by atoms with van der Waals surface area (Å²) < 4.78 is 13.6. The molecule has 0 bridgehead atoms. The quantitative estimate of drug-likeness (QED) is 0.415. The molecule has 1 N–H and O–H groups in total. The van der Waals surface area contributed by atoms with E-state index in [0.29, 0.717) is 11.3 Å². The molecule has 1 aliphatic heterocycles. The Morgan fingerprint density at radius 3 is 2.73 bits per heavy atom. The highest BCUT2D eigenvalue weighted by Gasteiger charge is 2.30. The van der Waals surface area contributed by atoms with Gasteiger partial charge in [0.25, 0.3) is 5.91 Å². The summed E-state index contributed by atoms with van der Waals surface area (Å²) in [4.78, 5) is 19.9. The second-order valence-corrected chi connectivity index (χ2v) is 9.86. The van der Waals surface area contributed by atoms with Crippen molar-refractivity contribution in [1.82, 2.24) is 4.98 Å². The van der Waals surface area contributed by atoms with Crippen LogP contribution in [0.1, 0.15) is 80.9 Å². The number of carbonyl (C=O) groups excluding carboxylic acids is 1. The van der Waals surface area contributed by atoms with Gasteiger partial charge in [0.05, 0.1) is 11.4 Å². The Bertz CT molecular complexity index is 945. The van der Waals surface area contributed by atoms with Crippen molar-refractivity contribution in [3.05, 3.63) is 53.0 Å². The van der Waals surface area contributed by atoms with Gasteiger partial charge in [-0.15, -0.1) is 0 Å². The summed E-state index contributed by atoms with van der Waals surface area (Å²) in [7, 11) is 0. The molecule has 1 aliphatic rings. The first-order chi connectivity index (χ1) is 15.8. The molecular formula is C28H40FN3O. The number of nitrogens with zero attached hydrogens (tertiary/aromatic N) is 2. The first kappa shape index (κ1) is 25.2. The minimum Gasteiger partial charge on any atom is -0.356 e. The van der Waals surface area contributed by atoms with Crippen molar-refractivity contribution in [1.29, 1.82) is 0 Å². The predicted molar refractivity (Wildman–Crippen MR) is 135 cm³/mol. The summed E-state index contributed by atoms with van der Waals surface area (Å²) >= 11 is 0. The second-order valence-electron chi connectivity index (χ2n) is 9.86. The Labute approximate surface area is 199 Å². The number of halogens is 1. The summed E-state index contributed by atoms with van der Waals surface area (Å²) in [6.45, 7) is 12.8. The van der Waals surface area contributed by atoms with Gasteiger partial charge in [-0.25, -0.2) is 9.37 Å². The molecule has 1 saturated heterocycles. The maximum absolute atomic E-state index is 13.6. The van der Waals surface area contributed by atoms with Crippen LogP contribution in [0.4, 0.5) is 15.9 Å². The van der Waals surface area contributed by atoms with Gasteiger partial charge >= 0.3 is 0 Å². The van der Waals surface area contributed by atoms with Crippen LogP contribution in [0.3, 0.4) is 0 Å². The van der Waals surface area contributed by atoms with Crippen molar-refractivity contribution in [3.63, 3.8) is 0 Å². The Kier molecular flexibility index (Phi) is 8.87. The lowest BCUT2D eigenvalue weighted by Crippen LogP contribution is -2.24. The molecule has 0 spiro atoms. The van der Waals surface area contributed by atoms with E-state index in [-0.39, 0.29) is 5.91 Å². The van der Waals surface area contributed by atoms with Gasteiger partial charge in [-0.1, -0.05) is 52.5 Å². The maximum Gasteiger partial charge on any atom is 0.256 e. The number of anilines is 2. The molecular weight excluding hydrogens is 413 g/mol. The van der Waals surface area contributed by atoms with Crippen molar-refractivity contribution < 1.29 is 9.18 Å². The van der Waals surface area contributed by atoms with Crippen molar-refractivity contribution in [2.75, 3.05) is 23.3 Å². The highest BCUT2D eigenvalue weighted by Crippen LogP contribution is 2.34. The molecule has 3 unspecified atom stereocenters. The highest BCUT2D eigenvalue weighted by atomic mass is 19.1. The normalized spacial score (nSPS) is 17.8. The lowest BCUT2D eigenvalue weighted by atomic mass is 9.81. The van der Waals surface area contributed by atoms with Crippen LogP contribution in [0.15, 0.2) is 30.3 Å². The van der Waals surface area contributed by atoms with E-state index in [1.54, 1.807) is 13.0 Å². The molecule has 2 heterocycles. The van der Waals surface area contributed by atoms with Crippen molar-refractivity contribution in [2.24, 2.45) is 17.8 Å².